The Hall–Kier alpha value is -1.05. The molecule has 0 radical (unpaired) electrons. The standard InChI is InChI=1S/C9H11FN2O3S/c10-9(5-13)3-1-7(15-9)12-4-2-6(14)11-8(12)16/h2,4,7,13H,1,3,5H2,(H,11,14,16)/t7-,9+/m1/s1. The summed E-state index contributed by atoms with van der Waals surface area (Å²) >= 11 is 4.93. The minimum Gasteiger partial charge on any atom is -0.390 e. The minimum atomic E-state index is -2.00. The number of H-pyrrole nitrogens is 1. The number of aliphatic hydroxyl groups excluding tert-OH is 1. The van der Waals surface area contributed by atoms with E-state index in [1.165, 1.54) is 16.8 Å². The van der Waals surface area contributed by atoms with Crippen molar-refractivity contribution < 1.29 is 14.2 Å². The molecule has 0 amide bonds. The van der Waals surface area contributed by atoms with Crippen LogP contribution in [0.25, 0.3) is 0 Å². The maximum atomic E-state index is 13.6. The monoisotopic (exact) mass is 246 g/mol. The molecule has 7 heteroatoms. The van der Waals surface area contributed by atoms with Crippen molar-refractivity contribution in [2.24, 2.45) is 0 Å². The number of nitrogens with one attached hydrogen (secondary N) is 1. The van der Waals surface area contributed by atoms with Gasteiger partial charge in [0.15, 0.2) is 4.77 Å². The van der Waals surface area contributed by atoms with E-state index in [2.05, 4.69) is 4.98 Å². The van der Waals surface area contributed by atoms with Crippen LogP contribution in [0.15, 0.2) is 17.1 Å². The predicted octanol–water partition coefficient (Wildman–Crippen LogP) is 0.873. The van der Waals surface area contributed by atoms with Crippen LogP contribution >= 0.6 is 12.2 Å². The summed E-state index contributed by atoms with van der Waals surface area (Å²) in [6, 6.07) is 1.29. The Balaban J connectivity index is 2.27. The largest absolute Gasteiger partial charge is 0.390 e. The quantitative estimate of drug-likeness (QED) is 0.760. The first-order valence-electron chi connectivity index (χ1n) is 4.83. The second-order valence-electron chi connectivity index (χ2n) is 3.67. The first kappa shape index (κ1) is 11.4. The van der Waals surface area contributed by atoms with Gasteiger partial charge in [-0.05, 0) is 18.6 Å². The lowest BCUT2D eigenvalue weighted by molar-refractivity contribution is -0.177. The van der Waals surface area contributed by atoms with E-state index >= 15 is 0 Å². The molecule has 0 aliphatic carbocycles. The van der Waals surface area contributed by atoms with Crippen LogP contribution < -0.4 is 5.56 Å². The van der Waals surface area contributed by atoms with Gasteiger partial charge in [0.05, 0.1) is 0 Å². The van der Waals surface area contributed by atoms with Gasteiger partial charge in [-0.2, -0.15) is 0 Å². The van der Waals surface area contributed by atoms with E-state index < -0.39 is 18.7 Å². The molecular formula is C9H11FN2O3S. The normalized spacial score (nSPS) is 29.5. The molecule has 0 aromatic carbocycles. The first-order chi connectivity index (χ1) is 7.54. The molecule has 2 atom stereocenters. The number of aliphatic hydroxyl groups is 1. The number of hydrogen-bond donors (Lipinski definition) is 2. The molecule has 0 unspecified atom stereocenters. The molecule has 1 fully saturated rings. The van der Waals surface area contributed by atoms with Gasteiger partial charge < -0.3 is 9.84 Å². The van der Waals surface area contributed by atoms with E-state index in [1.54, 1.807) is 0 Å². The zero-order valence-electron chi connectivity index (χ0n) is 8.35. The summed E-state index contributed by atoms with van der Waals surface area (Å²) in [4.78, 5) is 13.4. The number of rotatable bonds is 2. The summed E-state index contributed by atoms with van der Waals surface area (Å²) in [5.74, 6) is -2.00. The molecule has 1 aromatic heterocycles. The van der Waals surface area contributed by atoms with Crippen LogP contribution in [0.1, 0.15) is 19.1 Å². The zero-order valence-corrected chi connectivity index (χ0v) is 9.17. The number of alkyl halides is 1. The van der Waals surface area contributed by atoms with Crippen molar-refractivity contribution in [1.29, 1.82) is 0 Å². The molecule has 88 valence electrons. The first-order valence-corrected chi connectivity index (χ1v) is 5.24. The third-order valence-electron chi connectivity index (χ3n) is 2.51. The number of aromatic amines is 1. The Morgan fingerprint density at radius 3 is 3.12 bits per heavy atom. The topological polar surface area (TPSA) is 67.2 Å². The van der Waals surface area contributed by atoms with Crippen LogP contribution in [-0.2, 0) is 4.74 Å². The van der Waals surface area contributed by atoms with Crippen molar-refractivity contribution in [1.82, 2.24) is 9.55 Å². The van der Waals surface area contributed by atoms with Gasteiger partial charge >= 0.3 is 0 Å². The van der Waals surface area contributed by atoms with Crippen molar-refractivity contribution >= 4 is 12.2 Å². The van der Waals surface area contributed by atoms with Crippen LogP contribution in [0.4, 0.5) is 4.39 Å². The lowest BCUT2D eigenvalue weighted by Gasteiger charge is -2.19. The van der Waals surface area contributed by atoms with Crippen molar-refractivity contribution in [2.75, 3.05) is 6.61 Å². The molecule has 0 spiro atoms. The predicted molar refractivity (Wildman–Crippen MR) is 56.2 cm³/mol. The second-order valence-corrected chi connectivity index (χ2v) is 4.06. The van der Waals surface area contributed by atoms with E-state index in [1.807, 2.05) is 0 Å². The average molecular weight is 246 g/mol. The maximum Gasteiger partial charge on any atom is 0.251 e. The van der Waals surface area contributed by atoms with Gasteiger partial charge in [0, 0.05) is 18.7 Å². The SMILES string of the molecule is O=c1ccn([C@H]2CC[C@@](F)(CO)O2)c(=S)[nH]1. The Morgan fingerprint density at radius 1 is 1.81 bits per heavy atom. The Labute approximate surface area is 95.5 Å². The molecule has 5 nitrogen and oxygen atoms in total. The maximum absolute atomic E-state index is 13.6. The van der Waals surface area contributed by atoms with Gasteiger partial charge in [-0.1, -0.05) is 0 Å². The van der Waals surface area contributed by atoms with Gasteiger partial charge in [0.25, 0.3) is 5.56 Å². The number of aromatic nitrogens is 2. The fraction of sp³-hybridized carbons (Fsp3) is 0.556. The Morgan fingerprint density at radius 2 is 2.56 bits per heavy atom. The van der Waals surface area contributed by atoms with Crippen LogP contribution in [0.5, 0.6) is 0 Å². The van der Waals surface area contributed by atoms with Gasteiger partial charge in [-0.25, -0.2) is 4.39 Å². The summed E-state index contributed by atoms with van der Waals surface area (Å²) in [5.41, 5.74) is -0.312. The Kier molecular flexibility index (Phi) is 2.92. The van der Waals surface area contributed by atoms with E-state index in [-0.39, 0.29) is 16.8 Å². The number of nitrogens with zero attached hydrogens (tertiary/aromatic N) is 1. The van der Waals surface area contributed by atoms with Crippen molar-refractivity contribution in [2.45, 2.75) is 24.9 Å². The fourth-order valence-electron chi connectivity index (χ4n) is 1.67. The third kappa shape index (κ3) is 2.06. The Bertz CT molecular complexity index is 500. The van der Waals surface area contributed by atoms with Crippen molar-refractivity contribution in [3.63, 3.8) is 0 Å². The molecule has 1 saturated heterocycles. The van der Waals surface area contributed by atoms with Gasteiger partial charge in [-0.3, -0.25) is 14.3 Å². The smallest absolute Gasteiger partial charge is 0.251 e. The molecule has 1 aliphatic heterocycles. The number of hydrogen-bond acceptors (Lipinski definition) is 4. The summed E-state index contributed by atoms with van der Waals surface area (Å²) in [7, 11) is 0. The second kappa shape index (κ2) is 4.08. The van der Waals surface area contributed by atoms with E-state index in [0.717, 1.165) is 0 Å². The van der Waals surface area contributed by atoms with Crippen LogP contribution in [-0.4, -0.2) is 27.1 Å². The number of halogens is 1. The van der Waals surface area contributed by atoms with E-state index in [9.17, 15) is 9.18 Å². The van der Waals surface area contributed by atoms with Crippen LogP contribution in [0.3, 0.4) is 0 Å². The highest BCUT2D eigenvalue weighted by Gasteiger charge is 2.40. The molecule has 0 saturated carbocycles. The lowest BCUT2D eigenvalue weighted by Crippen LogP contribution is -2.27. The number of ether oxygens (including phenoxy) is 1. The molecule has 2 N–H and O–H groups in total. The fourth-order valence-corrected chi connectivity index (χ4v) is 1.95. The highest BCUT2D eigenvalue weighted by molar-refractivity contribution is 7.71. The van der Waals surface area contributed by atoms with Gasteiger partial charge in [0.1, 0.15) is 12.8 Å². The van der Waals surface area contributed by atoms with Gasteiger partial charge in [0.2, 0.25) is 5.85 Å². The summed E-state index contributed by atoms with van der Waals surface area (Å²) in [6.07, 6.45) is 1.38. The summed E-state index contributed by atoms with van der Waals surface area (Å²) in [5, 5.41) is 8.81. The average Bonchev–Trinajstić information content (AvgIpc) is 2.62. The van der Waals surface area contributed by atoms with Crippen molar-refractivity contribution in [3.05, 3.63) is 27.4 Å². The molecule has 0 bridgehead atoms. The van der Waals surface area contributed by atoms with Crippen LogP contribution in [0, 0.1) is 4.77 Å². The molecular weight excluding hydrogens is 235 g/mol. The molecule has 2 rings (SSSR count). The van der Waals surface area contributed by atoms with Crippen LogP contribution in [0.2, 0.25) is 0 Å². The lowest BCUT2D eigenvalue weighted by atomic mass is 10.2. The molecule has 1 aromatic rings. The zero-order chi connectivity index (χ0) is 11.8. The third-order valence-corrected chi connectivity index (χ3v) is 2.82. The molecule has 16 heavy (non-hydrogen) atoms. The minimum absolute atomic E-state index is 0.106. The molecule has 2 heterocycles. The summed E-state index contributed by atoms with van der Waals surface area (Å²) < 4.78 is 20.3. The van der Waals surface area contributed by atoms with Crippen molar-refractivity contribution in [3.8, 4) is 0 Å². The van der Waals surface area contributed by atoms with E-state index in [4.69, 9.17) is 22.1 Å². The summed E-state index contributed by atoms with van der Waals surface area (Å²) in [6.45, 7) is -0.680. The highest BCUT2D eigenvalue weighted by atomic mass is 32.1. The van der Waals surface area contributed by atoms with Gasteiger partial charge in [-0.15, -0.1) is 0 Å². The van der Waals surface area contributed by atoms with E-state index in [0.29, 0.717) is 6.42 Å². The molecule has 1 aliphatic rings. The highest BCUT2D eigenvalue weighted by Crippen LogP contribution is 2.36.